The van der Waals surface area contributed by atoms with Gasteiger partial charge in [0.25, 0.3) is 11.8 Å². The van der Waals surface area contributed by atoms with Crippen LogP contribution in [0.2, 0.25) is 0 Å². The number of rotatable bonds is 14. The van der Waals surface area contributed by atoms with Crippen molar-refractivity contribution in [1.82, 2.24) is 20.2 Å². The molecular formula is C24H28FN9O5S4. The minimum Gasteiger partial charge on any atom is -0.477 e. The lowest BCUT2D eigenvalue weighted by molar-refractivity contribution is -0.150. The zero-order valence-electron chi connectivity index (χ0n) is 22.6. The van der Waals surface area contributed by atoms with E-state index in [-0.39, 0.29) is 46.6 Å². The molecular weight excluding hydrogens is 642 g/mol. The maximum absolute atomic E-state index is 13.2. The second-order valence-corrected chi connectivity index (χ2v) is 13.1. The first kappa shape index (κ1) is 32.4. The maximum atomic E-state index is 13.2. The topological polar surface area (TPSA) is 225 Å². The number of oxime groups is 1. The molecule has 3 atom stereocenters. The summed E-state index contributed by atoms with van der Waals surface area (Å²) in [6, 6.07) is 0.688. The van der Waals surface area contributed by atoms with Crippen molar-refractivity contribution in [3.05, 3.63) is 45.7 Å². The summed E-state index contributed by atoms with van der Waals surface area (Å²) in [6.07, 6.45) is 3.33. The predicted molar refractivity (Wildman–Crippen MR) is 166 cm³/mol. The van der Waals surface area contributed by atoms with Crippen LogP contribution in [0.5, 0.6) is 0 Å². The summed E-state index contributed by atoms with van der Waals surface area (Å²) in [6.45, 7) is 0.691. The van der Waals surface area contributed by atoms with Crippen LogP contribution in [0, 0.1) is 0 Å². The number of pyridine rings is 1. The van der Waals surface area contributed by atoms with Crippen molar-refractivity contribution < 1.29 is 28.7 Å². The Kier molecular flexibility index (Phi) is 11.1. The lowest BCUT2D eigenvalue weighted by Gasteiger charge is -2.49. The van der Waals surface area contributed by atoms with Gasteiger partial charge in [0.05, 0.1) is 6.04 Å². The molecule has 230 valence electrons. The van der Waals surface area contributed by atoms with Crippen LogP contribution in [0.4, 0.5) is 9.52 Å². The number of aromatic nitrogens is 2. The van der Waals surface area contributed by atoms with Gasteiger partial charge < -0.3 is 32.5 Å². The van der Waals surface area contributed by atoms with E-state index in [1.165, 1.54) is 33.8 Å². The van der Waals surface area contributed by atoms with Crippen molar-refractivity contribution in [2.45, 2.75) is 35.0 Å². The Hall–Kier alpha value is -3.55. The molecule has 0 spiro atoms. The SMILES string of the molecule is CC(CSCc1cnccc1SC1=C(C(=O)O)N2C(=O)[C@@H](NC(=O)/C(=N\OCCF)c3csc(N)n3)[C@@H]2SC1)N=C(N)N. The number of thiazole rings is 1. The Morgan fingerprint density at radius 2 is 2.19 bits per heavy atom. The van der Waals surface area contributed by atoms with Crippen molar-refractivity contribution in [2.75, 3.05) is 30.5 Å². The highest BCUT2D eigenvalue weighted by molar-refractivity contribution is 8.06. The number of hydrogen-bond acceptors (Lipinski definition) is 13. The molecule has 2 aliphatic heterocycles. The molecule has 0 saturated carbocycles. The Morgan fingerprint density at radius 1 is 1.40 bits per heavy atom. The smallest absolute Gasteiger partial charge is 0.353 e. The van der Waals surface area contributed by atoms with Crippen LogP contribution in [0.15, 0.2) is 49.5 Å². The molecule has 0 radical (unpaired) electrons. The van der Waals surface area contributed by atoms with Gasteiger partial charge in [0.15, 0.2) is 16.8 Å². The van der Waals surface area contributed by atoms with Crippen LogP contribution in [-0.2, 0) is 25.0 Å². The summed E-state index contributed by atoms with van der Waals surface area (Å²) in [5, 5.41) is 17.4. The fourth-order valence-electron chi connectivity index (χ4n) is 4.01. The highest BCUT2D eigenvalue weighted by atomic mass is 32.2. The average molecular weight is 670 g/mol. The van der Waals surface area contributed by atoms with Crippen LogP contribution < -0.4 is 22.5 Å². The van der Waals surface area contributed by atoms with E-state index in [0.717, 1.165) is 21.8 Å². The van der Waals surface area contributed by atoms with Crippen LogP contribution in [0.3, 0.4) is 0 Å². The molecule has 0 aliphatic carbocycles. The minimum atomic E-state index is -1.26. The molecule has 1 fully saturated rings. The predicted octanol–water partition coefficient (Wildman–Crippen LogP) is 1.19. The fourth-order valence-corrected chi connectivity index (χ4v) is 8.20. The Morgan fingerprint density at radius 3 is 2.86 bits per heavy atom. The van der Waals surface area contributed by atoms with E-state index >= 15 is 0 Å². The lowest BCUT2D eigenvalue weighted by Crippen LogP contribution is -2.71. The van der Waals surface area contributed by atoms with Crippen LogP contribution in [0.1, 0.15) is 18.2 Å². The molecule has 19 heteroatoms. The number of nitrogens with zero attached hydrogens (tertiary/aromatic N) is 5. The number of hydrogen-bond donors (Lipinski definition) is 5. The van der Waals surface area contributed by atoms with Gasteiger partial charge in [0, 0.05) is 44.8 Å². The molecule has 2 aromatic heterocycles. The first-order valence-corrected chi connectivity index (χ1v) is 16.5. The lowest BCUT2D eigenvalue weighted by atomic mass is 10.0. The number of nitrogens with two attached hydrogens (primary N) is 3. The molecule has 2 aromatic rings. The molecule has 4 heterocycles. The molecule has 14 nitrogen and oxygen atoms in total. The number of aliphatic imine (C=N–C) groups is 1. The van der Waals surface area contributed by atoms with Crippen molar-refractivity contribution in [3.63, 3.8) is 0 Å². The van der Waals surface area contributed by atoms with E-state index in [0.29, 0.717) is 16.4 Å². The van der Waals surface area contributed by atoms with E-state index in [1.54, 1.807) is 30.2 Å². The van der Waals surface area contributed by atoms with Gasteiger partial charge in [0.1, 0.15) is 36.1 Å². The number of anilines is 1. The minimum absolute atomic E-state index is 0.0233. The van der Waals surface area contributed by atoms with Crippen molar-refractivity contribution >= 4 is 81.2 Å². The number of nitrogens with one attached hydrogen (secondary N) is 1. The number of thioether (sulfide) groups is 3. The number of carbonyl (C=O) groups excluding carboxylic acids is 2. The first-order valence-electron chi connectivity index (χ1n) is 12.6. The van der Waals surface area contributed by atoms with E-state index < -0.39 is 35.9 Å². The van der Waals surface area contributed by atoms with Gasteiger partial charge in [-0.25, -0.2) is 19.2 Å². The number of fused-ring (bicyclic) bond motifs is 1. The van der Waals surface area contributed by atoms with Gasteiger partial charge in [-0.15, -0.1) is 23.1 Å². The Balaban J connectivity index is 1.48. The number of alkyl halides is 1. The van der Waals surface area contributed by atoms with Crippen molar-refractivity contribution in [3.8, 4) is 0 Å². The summed E-state index contributed by atoms with van der Waals surface area (Å²) >= 11 is 5.24. The zero-order chi connectivity index (χ0) is 31.1. The van der Waals surface area contributed by atoms with E-state index in [1.807, 2.05) is 6.92 Å². The Labute approximate surface area is 262 Å². The number of carboxylic acids is 1. The summed E-state index contributed by atoms with van der Waals surface area (Å²) in [5.41, 5.74) is 17.1. The van der Waals surface area contributed by atoms with E-state index in [4.69, 9.17) is 22.0 Å². The number of β-lactam (4-membered cyclic amide) rings is 1. The molecule has 4 rings (SSSR count). The second kappa shape index (κ2) is 14.8. The molecule has 1 saturated heterocycles. The van der Waals surface area contributed by atoms with Crippen LogP contribution in [-0.4, -0.2) is 91.7 Å². The number of guanidine groups is 1. The van der Waals surface area contributed by atoms with Gasteiger partial charge in [0.2, 0.25) is 0 Å². The van der Waals surface area contributed by atoms with Gasteiger partial charge in [-0.05, 0) is 18.6 Å². The third kappa shape index (κ3) is 7.89. The Bertz CT molecular complexity index is 1470. The molecule has 1 unspecified atom stereocenters. The number of carbonyl (C=O) groups is 3. The second-order valence-electron chi connectivity index (χ2n) is 8.97. The van der Waals surface area contributed by atoms with Gasteiger partial charge in [-0.3, -0.25) is 19.5 Å². The summed E-state index contributed by atoms with van der Waals surface area (Å²) < 4.78 is 12.5. The molecule has 2 amide bonds. The molecule has 0 aromatic carbocycles. The number of aliphatic carboxylic acids is 1. The third-order valence-corrected chi connectivity index (χ3v) is 10.4. The number of carboxylic acid groups (broad SMARTS) is 1. The molecule has 0 bridgehead atoms. The normalized spacial score (nSPS) is 18.9. The third-order valence-electron chi connectivity index (χ3n) is 5.80. The summed E-state index contributed by atoms with van der Waals surface area (Å²) in [7, 11) is 0. The van der Waals surface area contributed by atoms with Gasteiger partial charge in [-0.1, -0.05) is 16.9 Å². The zero-order valence-corrected chi connectivity index (χ0v) is 25.9. The monoisotopic (exact) mass is 669 g/mol. The van der Waals surface area contributed by atoms with Gasteiger partial charge in [-0.2, -0.15) is 11.8 Å². The molecule has 8 N–H and O–H groups in total. The number of nitrogen functional groups attached to an aromatic ring is 1. The molecule has 43 heavy (non-hydrogen) atoms. The van der Waals surface area contributed by atoms with Crippen LogP contribution >= 0.6 is 46.6 Å². The number of amides is 2. The number of halogens is 1. The molecule has 2 aliphatic rings. The van der Waals surface area contributed by atoms with Crippen molar-refractivity contribution in [1.29, 1.82) is 0 Å². The van der Waals surface area contributed by atoms with Crippen molar-refractivity contribution in [2.24, 2.45) is 21.6 Å². The summed E-state index contributed by atoms with van der Waals surface area (Å²) in [5.74, 6) is -1.09. The first-order chi connectivity index (χ1) is 20.6. The highest BCUT2D eigenvalue weighted by Crippen LogP contribution is 2.46. The maximum Gasteiger partial charge on any atom is 0.353 e. The van der Waals surface area contributed by atoms with E-state index in [2.05, 4.69) is 25.4 Å². The van der Waals surface area contributed by atoms with Gasteiger partial charge >= 0.3 is 5.97 Å². The fraction of sp³-hybridized carbons (Fsp3) is 0.375. The summed E-state index contributed by atoms with van der Waals surface area (Å²) in [4.78, 5) is 58.3. The quantitative estimate of drug-likeness (QED) is 0.0627. The average Bonchev–Trinajstić information content (AvgIpc) is 3.39. The standard InChI is InChI=1S/C24H28FN9O5S4/c1-11(30-23(26)27)7-40-8-12-6-29-4-2-14(12)43-15-10-41-21-17(20(36)34(21)18(15)22(37)38)32-19(35)16(33-39-5-3-25)13-9-42-24(28)31-13/h2,4,6,9,11,17,21H,3,5,7-8,10H2,1H3,(H2,28,31)(H,32,35)(H,37,38)(H4,26,27,30)/b33-16-/t11?,17-,21+/m1/s1. The highest BCUT2D eigenvalue weighted by Gasteiger charge is 2.54. The van der Waals surface area contributed by atoms with E-state index in [9.17, 15) is 23.9 Å². The van der Waals surface area contributed by atoms with Crippen LogP contribution in [0.25, 0.3) is 0 Å². The largest absolute Gasteiger partial charge is 0.477 e.